The van der Waals surface area contributed by atoms with Crippen LogP contribution >= 0.6 is 11.6 Å². The monoisotopic (exact) mass is 326 g/mol. The number of rotatable bonds is 1. The van der Waals surface area contributed by atoms with Crippen molar-refractivity contribution in [2.75, 3.05) is 4.90 Å². The summed E-state index contributed by atoms with van der Waals surface area (Å²) in [5, 5.41) is 0.593. The van der Waals surface area contributed by atoms with Crippen molar-refractivity contribution < 1.29 is 9.59 Å². The molecule has 1 fully saturated rings. The predicted octanol–water partition coefficient (Wildman–Crippen LogP) is 3.54. The Morgan fingerprint density at radius 2 is 1.83 bits per heavy atom. The van der Waals surface area contributed by atoms with E-state index in [2.05, 4.69) is 0 Å². The Morgan fingerprint density at radius 1 is 1.09 bits per heavy atom. The highest BCUT2D eigenvalue weighted by atomic mass is 35.5. The second-order valence-electron chi connectivity index (χ2n) is 6.00. The molecule has 0 unspecified atom stereocenters. The van der Waals surface area contributed by atoms with E-state index < -0.39 is 6.04 Å². The fourth-order valence-electron chi connectivity index (χ4n) is 3.41. The van der Waals surface area contributed by atoms with E-state index in [9.17, 15) is 9.59 Å². The number of halogens is 1. The predicted molar refractivity (Wildman–Crippen MR) is 88.5 cm³/mol. The van der Waals surface area contributed by atoms with Crippen LogP contribution in [0.1, 0.15) is 16.7 Å². The summed E-state index contributed by atoms with van der Waals surface area (Å²) < 4.78 is 0. The molecule has 23 heavy (non-hydrogen) atoms. The molecule has 2 aromatic rings. The summed E-state index contributed by atoms with van der Waals surface area (Å²) in [5.41, 5.74) is 3.68. The van der Waals surface area contributed by atoms with Gasteiger partial charge in [0, 0.05) is 18.0 Å². The number of fused-ring (bicyclic) bond motifs is 2. The van der Waals surface area contributed by atoms with Crippen molar-refractivity contribution in [1.82, 2.24) is 4.90 Å². The molecule has 2 heterocycles. The number of nitrogens with zero attached hydrogens (tertiary/aromatic N) is 2. The molecule has 116 valence electrons. The van der Waals surface area contributed by atoms with E-state index >= 15 is 0 Å². The minimum Gasteiger partial charge on any atom is -0.307 e. The average molecular weight is 327 g/mol. The van der Waals surface area contributed by atoms with Gasteiger partial charge >= 0.3 is 6.03 Å². The SMILES string of the molecule is Cc1cc(Cl)ccc1N1C(=O)[C@H]2Cc3ccccc3CN2C1=O. The molecule has 0 N–H and O–H groups in total. The zero-order valence-corrected chi connectivity index (χ0v) is 13.4. The largest absolute Gasteiger partial charge is 0.332 e. The fraction of sp³-hybridized carbons (Fsp3) is 0.222. The topological polar surface area (TPSA) is 40.6 Å². The molecular formula is C18H15ClN2O2. The first kappa shape index (κ1) is 14.3. The maximum absolute atomic E-state index is 12.8. The van der Waals surface area contributed by atoms with Gasteiger partial charge in [0.25, 0.3) is 5.91 Å². The first-order chi connectivity index (χ1) is 11.1. The Balaban J connectivity index is 1.74. The smallest absolute Gasteiger partial charge is 0.307 e. The van der Waals surface area contributed by atoms with Gasteiger partial charge in [-0.15, -0.1) is 0 Å². The van der Waals surface area contributed by atoms with Crippen molar-refractivity contribution in [2.24, 2.45) is 0 Å². The zero-order chi connectivity index (χ0) is 16.1. The molecule has 0 spiro atoms. The lowest BCUT2D eigenvalue weighted by atomic mass is 9.95. The number of benzene rings is 2. The van der Waals surface area contributed by atoms with E-state index in [1.165, 1.54) is 4.90 Å². The van der Waals surface area contributed by atoms with Crippen molar-refractivity contribution in [2.45, 2.75) is 25.9 Å². The zero-order valence-electron chi connectivity index (χ0n) is 12.6. The molecular weight excluding hydrogens is 312 g/mol. The number of hydrogen-bond acceptors (Lipinski definition) is 2. The number of aryl methyl sites for hydroxylation is 1. The quantitative estimate of drug-likeness (QED) is 0.752. The summed E-state index contributed by atoms with van der Waals surface area (Å²) in [6.07, 6.45) is 0.573. The molecule has 2 aliphatic rings. The highest BCUT2D eigenvalue weighted by molar-refractivity contribution is 6.31. The van der Waals surface area contributed by atoms with Gasteiger partial charge in [-0.2, -0.15) is 0 Å². The molecule has 0 saturated carbocycles. The molecule has 0 aliphatic carbocycles. The Hall–Kier alpha value is -2.33. The van der Waals surface area contributed by atoms with Gasteiger partial charge in [-0.25, -0.2) is 9.69 Å². The van der Waals surface area contributed by atoms with Gasteiger partial charge in [0.1, 0.15) is 6.04 Å². The van der Waals surface area contributed by atoms with Crippen LogP contribution in [0.4, 0.5) is 10.5 Å². The Bertz CT molecular complexity index is 791. The molecule has 4 nitrogen and oxygen atoms in total. The van der Waals surface area contributed by atoms with Gasteiger partial charge in [-0.3, -0.25) is 4.79 Å². The van der Waals surface area contributed by atoms with Gasteiger partial charge in [-0.1, -0.05) is 35.9 Å². The lowest BCUT2D eigenvalue weighted by Crippen LogP contribution is -2.39. The van der Waals surface area contributed by atoms with E-state index in [0.29, 0.717) is 23.7 Å². The molecule has 1 atom stereocenters. The van der Waals surface area contributed by atoms with E-state index in [1.54, 1.807) is 23.1 Å². The number of imide groups is 1. The average Bonchev–Trinajstić information content (AvgIpc) is 2.77. The first-order valence-corrected chi connectivity index (χ1v) is 7.91. The van der Waals surface area contributed by atoms with E-state index in [-0.39, 0.29) is 11.9 Å². The first-order valence-electron chi connectivity index (χ1n) is 7.54. The molecule has 5 heteroatoms. The molecule has 3 amide bonds. The van der Waals surface area contributed by atoms with Crippen LogP contribution < -0.4 is 4.90 Å². The minimum absolute atomic E-state index is 0.157. The Morgan fingerprint density at radius 3 is 2.57 bits per heavy atom. The van der Waals surface area contributed by atoms with Gasteiger partial charge in [-0.05, 0) is 41.8 Å². The lowest BCUT2D eigenvalue weighted by Gasteiger charge is -2.28. The van der Waals surface area contributed by atoms with Gasteiger partial charge in [0.15, 0.2) is 0 Å². The van der Waals surface area contributed by atoms with Gasteiger partial charge in [0.05, 0.1) is 5.69 Å². The summed E-state index contributed by atoms with van der Waals surface area (Å²) in [4.78, 5) is 28.6. The maximum atomic E-state index is 12.8. The molecule has 4 rings (SSSR count). The van der Waals surface area contributed by atoms with E-state index in [1.807, 2.05) is 31.2 Å². The van der Waals surface area contributed by atoms with Crippen LogP contribution in [-0.4, -0.2) is 22.9 Å². The number of urea groups is 1. The van der Waals surface area contributed by atoms with Crippen molar-refractivity contribution >= 4 is 29.2 Å². The number of amides is 3. The summed E-state index contributed by atoms with van der Waals surface area (Å²) in [5.74, 6) is -0.157. The van der Waals surface area contributed by atoms with Crippen LogP contribution in [0.15, 0.2) is 42.5 Å². The third-order valence-corrected chi connectivity index (χ3v) is 4.83. The van der Waals surface area contributed by atoms with Gasteiger partial charge < -0.3 is 4.90 Å². The Labute approximate surface area is 139 Å². The number of anilines is 1. The number of carbonyl (C=O) groups excluding carboxylic acids is 2. The third-order valence-electron chi connectivity index (χ3n) is 4.59. The normalized spacial score (nSPS) is 19.8. The van der Waals surface area contributed by atoms with Gasteiger partial charge in [0.2, 0.25) is 0 Å². The molecule has 0 radical (unpaired) electrons. The van der Waals surface area contributed by atoms with Crippen molar-refractivity contribution in [3.63, 3.8) is 0 Å². The highest BCUT2D eigenvalue weighted by Gasteiger charge is 2.48. The third kappa shape index (κ3) is 2.13. The van der Waals surface area contributed by atoms with Crippen LogP contribution in [0.3, 0.4) is 0 Å². The Kier molecular flexibility index (Phi) is 3.16. The van der Waals surface area contributed by atoms with Crippen LogP contribution in [0.25, 0.3) is 0 Å². The molecule has 1 saturated heterocycles. The van der Waals surface area contributed by atoms with Crippen LogP contribution in [0.5, 0.6) is 0 Å². The number of carbonyl (C=O) groups is 2. The van der Waals surface area contributed by atoms with Crippen LogP contribution in [0, 0.1) is 6.92 Å². The number of hydrogen-bond donors (Lipinski definition) is 0. The molecule has 0 aromatic heterocycles. The standard InChI is InChI=1S/C18H15ClN2O2/c1-11-8-14(19)6-7-15(11)21-17(22)16-9-12-4-2-3-5-13(12)10-20(16)18(21)23/h2-8,16H,9-10H2,1H3/t16-/m1/s1. The molecule has 2 aliphatic heterocycles. The maximum Gasteiger partial charge on any atom is 0.332 e. The van der Waals surface area contributed by atoms with Crippen LogP contribution in [0.2, 0.25) is 5.02 Å². The minimum atomic E-state index is -0.410. The second-order valence-corrected chi connectivity index (χ2v) is 6.44. The van der Waals surface area contributed by atoms with E-state index in [4.69, 9.17) is 11.6 Å². The second kappa shape index (κ2) is 5.10. The summed E-state index contributed by atoms with van der Waals surface area (Å²) in [6.45, 7) is 2.34. The summed E-state index contributed by atoms with van der Waals surface area (Å²) in [7, 11) is 0. The molecule has 2 aromatic carbocycles. The fourth-order valence-corrected chi connectivity index (χ4v) is 3.63. The summed E-state index contributed by atoms with van der Waals surface area (Å²) >= 11 is 5.98. The molecule has 0 bridgehead atoms. The highest BCUT2D eigenvalue weighted by Crippen LogP contribution is 2.34. The van der Waals surface area contributed by atoms with Crippen molar-refractivity contribution in [3.8, 4) is 0 Å². The van der Waals surface area contributed by atoms with Crippen molar-refractivity contribution in [3.05, 3.63) is 64.2 Å². The summed E-state index contributed by atoms with van der Waals surface area (Å²) in [6, 6.07) is 12.5. The van der Waals surface area contributed by atoms with Crippen molar-refractivity contribution in [1.29, 1.82) is 0 Å². The lowest BCUT2D eigenvalue weighted by molar-refractivity contribution is -0.120. The van der Waals surface area contributed by atoms with E-state index in [0.717, 1.165) is 16.7 Å². The van der Waals surface area contributed by atoms with Crippen LogP contribution in [-0.2, 0) is 17.8 Å².